The molecular weight excluding hydrogens is 242 g/mol. The van der Waals surface area contributed by atoms with E-state index in [1.54, 1.807) is 0 Å². The summed E-state index contributed by atoms with van der Waals surface area (Å²) in [5.74, 6) is 0.476. The Morgan fingerprint density at radius 2 is 2.36 bits per heavy atom. The molecule has 1 aliphatic rings. The Labute approximate surface area is 92.6 Å². The average molecular weight is 256 g/mol. The molecule has 0 spiro atoms. The summed E-state index contributed by atoms with van der Waals surface area (Å²) in [7, 11) is 0. The van der Waals surface area contributed by atoms with Crippen molar-refractivity contribution in [2.75, 3.05) is 13.2 Å². The first kappa shape index (κ1) is 10.1. The Morgan fingerprint density at radius 3 is 3.00 bits per heavy atom. The molecule has 0 amide bonds. The molecule has 0 bridgehead atoms. The molecule has 2 N–H and O–H groups in total. The minimum Gasteiger partial charge on any atom is -0.381 e. The molecule has 0 radical (unpaired) electrons. The predicted octanol–water partition coefficient (Wildman–Crippen LogP) is 2.49. The van der Waals surface area contributed by atoms with Gasteiger partial charge in [0.15, 0.2) is 0 Å². The summed E-state index contributed by atoms with van der Waals surface area (Å²) in [6.45, 7) is 1.65. The van der Waals surface area contributed by atoms with E-state index in [1.807, 2.05) is 12.1 Å². The third-order valence-corrected chi connectivity index (χ3v) is 3.20. The Balaban J connectivity index is 2.13. The maximum atomic E-state index is 6.17. The van der Waals surface area contributed by atoms with Crippen molar-refractivity contribution >= 4 is 15.9 Å². The third-order valence-electron chi connectivity index (χ3n) is 2.71. The highest BCUT2D eigenvalue weighted by Gasteiger charge is 2.23. The molecule has 2 rings (SSSR count). The minimum atomic E-state index is 0.106. The zero-order chi connectivity index (χ0) is 9.97. The average Bonchev–Trinajstić information content (AvgIpc) is 2.69. The van der Waals surface area contributed by atoms with Gasteiger partial charge in [-0.3, -0.25) is 0 Å². The van der Waals surface area contributed by atoms with E-state index in [9.17, 15) is 0 Å². The largest absolute Gasteiger partial charge is 0.381 e. The van der Waals surface area contributed by atoms with Gasteiger partial charge in [-0.1, -0.05) is 28.1 Å². The molecular formula is C11H14BrNO. The normalized spacial score (nSPS) is 23.7. The Hall–Kier alpha value is -0.380. The first-order chi connectivity index (χ1) is 6.77. The highest BCUT2D eigenvalue weighted by molar-refractivity contribution is 9.10. The summed E-state index contributed by atoms with van der Waals surface area (Å²) >= 11 is 3.45. The van der Waals surface area contributed by atoms with Crippen LogP contribution >= 0.6 is 15.9 Å². The number of ether oxygens (including phenoxy) is 1. The van der Waals surface area contributed by atoms with Crippen LogP contribution in [0.4, 0.5) is 0 Å². The van der Waals surface area contributed by atoms with Gasteiger partial charge in [0.05, 0.1) is 6.61 Å². The topological polar surface area (TPSA) is 35.2 Å². The van der Waals surface area contributed by atoms with Gasteiger partial charge in [0.25, 0.3) is 0 Å². The second-order valence-electron chi connectivity index (χ2n) is 3.70. The van der Waals surface area contributed by atoms with Crippen LogP contribution < -0.4 is 5.73 Å². The molecule has 0 saturated carbocycles. The highest BCUT2D eigenvalue weighted by atomic mass is 79.9. The van der Waals surface area contributed by atoms with Gasteiger partial charge < -0.3 is 10.5 Å². The monoisotopic (exact) mass is 255 g/mol. The van der Waals surface area contributed by atoms with Gasteiger partial charge in [0.1, 0.15) is 0 Å². The van der Waals surface area contributed by atoms with Crippen LogP contribution in [0.3, 0.4) is 0 Å². The van der Waals surface area contributed by atoms with Gasteiger partial charge in [0, 0.05) is 23.0 Å². The number of nitrogens with two attached hydrogens (primary N) is 1. The highest BCUT2D eigenvalue weighted by Crippen LogP contribution is 2.27. The molecule has 1 fully saturated rings. The molecule has 2 atom stereocenters. The van der Waals surface area contributed by atoms with Crippen molar-refractivity contribution in [3.05, 3.63) is 34.3 Å². The summed E-state index contributed by atoms with van der Waals surface area (Å²) < 4.78 is 6.43. The lowest BCUT2D eigenvalue weighted by molar-refractivity contribution is 0.181. The van der Waals surface area contributed by atoms with Crippen molar-refractivity contribution in [2.45, 2.75) is 12.5 Å². The van der Waals surface area contributed by atoms with Gasteiger partial charge in [0.2, 0.25) is 0 Å². The molecule has 3 heteroatoms. The van der Waals surface area contributed by atoms with Gasteiger partial charge in [-0.2, -0.15) is 0 Å². The molecule has 2 unspecified atom stereocenters. The van der Waals surface area contributed by atoms with Crippen LogP contribution in [-0.4, -0.2) is 13.2 Å². The first-order valence-corrected chi connectivity index (χ1v) is 5.65. The summed E-state index contributed by atoms with van der Waals surface area (Å²) in [6.07, 6.45) is 1.08. The zero-order valence-electron chi connectivity index (χ0n) is 7.95. The molecule has 0 aromatic heterocycles. The summed E-state index contributed by atoms with van der Waals surface area (Å²) in [6, 6.07) is 8.31. The summed E-state index contributed by atoms with van der Waals surface area (Å²) in [4.78, 5) is 0. The number of hydrogen-bond donors (Lipinski definition) is 1. The standard InChI is InChI=1S/C11H14BrNO/c12-10-3-1-2-8(6-10)11(13)9-4-5-14-7-9/h1-3,6,9,11H,4-5,7,13H2. The molecule has 1 aromatic rings. The fourth-order valence-electron chi connectivity index (χ4n) is 1.82. The molecule has 1 saturated heterocycles. The van der Waals surface area contributed by atoms with E-state index in [4.69, 9.17) is 10.5 Å². The van der Waals surface area contributed by atoms with Crippen molar-refractivity contribution in [2.24, 2.45) is 11.7 Å². The Kier molecular flexibility index (Phi) is 3.21. The van der Waals surface area contributed by atoms with Crippen LogP contribution in [0.15, 0.2) is 28.7 Å². The van der Waals surface area contributed by atoms with E-state index in [-0.39, 0.29) is 6.04 Å². The number of halogens is 1. The van der Waals surface area contributed by atoms with E-state index >= 15 is 0 Å². The molecule has 76 valence electrons. The van der Waals surface area contributed by atoms with Crippen molar-refractivity contribution in [1.82, 2.24) is 0 Å². The lowest BCUT2D eigenvalue weighted by Crippen LogP contribution is -2.21. The fourth-order valence-corrected chi connectivity index (χ4v) is 2.24. The lowest BCUT2D eigenvalue weighted by atomic mass is 9.93. The van der Waals surface area contributed by atoms with Crippen molar-refractivity contribution < 1.29 is 4.74 Å². The zero-order valence-corrected chi connectivity index (χ0v) is 9.53. The SMILES string of the molecule is NC(c1cccc(Br)c1)C1CCOC1. The Morgan fingerprint density at radius 1 is 1.50 bits per heavy atom. The smallest absolute Gasteiger partial charge is 0.0513 e. The predicted molar refractivity (Wildman–Crippen MR) is 60.0 cm³/mol. The fraction of sp³-hybridized carbons (Fsp3) is 0.455. The van der Waals surface area contributed by atoms with Gasteiger partial charge in [-0.15, -0.1) is 0 Å². The molecule has 0 aliphatic carbocycles. The van der Waals surface area contributed by atoms with Crippen LogP contribution in [0.5, 0.6) is 0 Å². The van der Waals surface area contributed by atoms with Gasteiger partial charge in [-0.05, 0) is 24.1 Å². The van der Waals surface area contributed by atoms with Gasteiger partial charge in [-0.25, -0.2) is 0 Å². The lowest BCUT2D eigenvalue weighted by Gasteiger charge is -2.17. The van der Waals surface area contributed by atoms with E-state index < -0.39 is 0 Å². The maximum absolute atomic E-state index is 6.17. The van der Waals surface area contributed by atoms with Crippen molar-refractivity contribution in [3.8, 4) is 0 Å². The van der Waals surface area contributed by atoms with Crippen LogP contribution in [-0.2, 0) is 4.74 Å². The van der Waals surface area contributed by atoms with Crippen molar-refractivity contribution in [3.63, 3.8) is 0 Å². The van der Waals surface area contributed by atoms with Crippen LogP contribution in [0.2, 0.25) is 0 Å². The summed E-state index contributed by atoms with van der Waals surface area (Å²) in [5, 5.41) is 0. The number of hydrogen-bond acceptors (Lipinski definition) is 2. The van der Waals surface area contributed by atoms with E-state index in [2.05, 4.69) is 28.1 Å². The Bertz CT molecular complexity index is 310. The molecule has 14 heavy (non-hydrogen) atoms. The molecule has 1 aromatic carbocycles. The number of rotatable bonds is 2. The second-order valence-corrected chi connectivity index (χ2v) is 4.62. The quantitative estimate of drug-likeness (QED) is 0.882. The van der Waals surface area contributed by atoms with Crippen molar-refractivity contribution in [1.29, 1.82) is 0 Å². The minimum absolute atomic E-state index is 0.106. The van der Waals surface area contributed by atoms with E-state index in [1.165, 1.54) is 5.56 Å². The van der Waals surface area contributed by atoms with Gasteiger partial charge >= 0.3 is 0 Å². The molecule has 2 nitrogen and oxygen atoms in total. The first-order valence-electron chi connectivity index (χ1n) is 4.86. The third kappa shape index (κ3) is 2.16. The molecule has 1 aliphatic heterocycles. The van der Waals surface area contributed by atoms with E-state index in [0.29, 0.717) is 5.92 Å². The van der Waals surface area contributed by atoms with Crippen LogP contribution in [0.25, 0.3) is 0 Å². The van der Waals surface area contributed by atoms with Crippen LogP contribution in [0, 0.1) is 5.92 Å². The van der Waals surface area contributed by atoms with Crippen LogP contribution in [0.1, 0.15) is 18.0 Å². The number of benzene rings is 1. The maximum Gasteiger partial charge on any atom is 0.0513 e. The molecule has 1 heterocycles. The second kappa shape index (κ2) is 4.43. The van der Waals surface area contributed by atoms with E-state index in [0.717, 1.165) is 24.1 Å². The summed E-state index contributed by atoms with van der Waals surface area (Å²) in [5.41, 5.74) is 7.36.